The summed E-state index contributed by atoms with van der Waals surface area (Å²) in [4.78, 5) is 11.4. The Morgan fingerprint density at radius 3 is 2.48 bits per heavy atom. The molecule has 0 aliphatic carbocycles. The molecular weight excluding hydrogens is 278 g/mol. The third-order valence-electron chi connectivity index (χ3n) is 3.22. The number of halogens is 2. The van der Waals surface area contributed by atoms with Gasteiger partial charge in [0.1, 0.15) is 11.6 Å². The molecule has 0 aliphatic heterocycles. The fraction of sp³-hybridized carbons (Fsp3) is 0.0625. The Hall–Kier alpha value is -2.69. The number of rotatable bonds is 1. The molecule has 21 heavy (non-hydrogen) atoms. The van der Waals surface area contributed by atoms with E-state index in [-0.39, 0.29) is 16.5 Å². The van der Waals surface area contributed by atoms with E-state index in [1.807, 2.05) is 0 Å². The summed E-state index contributed by atoms with van der Waals surface area (Å²) in [5.74, 6) is -1.09. The second-order valence-electron chi connectivity index (χ2n) is 4.43. The van der Waals surface area contributed by atoms with E-state index in [1.54, 1.807) is 12.1 Å². The highest BCUT2D eigenvalue weighted by molar-refractivity contribution is 6.06. The van der Waals surface area contributed by atoms with Crippen molar-refractivity contribution in [3.8, 4) is 5.75 Å². The number of carbonyl (C=O) groups excluding carboxylic acids is 1. The molecule has 0 radical (unpaired) electrons. The van der Waals surface area contributed by atoms with Crippen LogP contribution in [0, 0.1) is 11.6 Å². The van der Waals surface area contributed by atoms with Crippen LogP contribution in [0.3, 0.4) is 0 Å². The van der Waals surface area contributed by atoms with Gasteiger partial charge in [-0.3, -0.25) is 0 Å². The first kappa shape index (κ1) is 13.3. The average molecular weight is 288 g/mol. The second kappa shape index (κ2) is 5.01. The zero-order valence-electron chi connectivity index (χ0n) is 11.0. The van der Waals surface area contributed by atoms with Crippen molar-refractivity contribution in [1.29, 1.82) is 0 Å². The minimum Gasteiger partial charge on any atom is -0.437 e. The molecule has 3 aromatic carbocycles. The zero-order valence-corrected chi connectivity index (χ0v) is 11.0. The van der Waals surface area contributed by atoms with Gasteiger partial charge in [-0.25, -0.2) is 13.6 Å². The Kier molecular flexibility index (Phi) is 3.17. The lowest BCUT2D eigenvalue weighted by atomic mass is 10.0. The number of hydrogen-bond donors (Lipinski definition) is 0. The topological polar surface area (TPSA) is 35.5 Å². The molecule has 3 rings (SSSR count). The predicted octanol–water partition coefficient (Wildman–Crippen LogP) is 4.42. The summed E-state index contributed by atoms with van der Waals surface area (Å²) in [6.07, 6.45) is -0.990. The van der Waals surface area contributed by atoms with Crippen molar-refractivity contribution in [2.45, 2.75) is 0 Å². The SMILES string of the molecule is COC(=O)Oc1c2cccc(F)c2cc2cccc(F)c12. The van der Waals surface area contributed by atoms with E-state index in [4.69, 9.17) is 4.74 Å². The highest BCUT2D eigenvalue weighted by atomic mass is 19.1. The van der Waals surface area contributed by atoms with Crippen LogP contribution >= 0.6 is 0 Å². The summed E-state index contributed by atoms with van der Waals surface area (Å²) in [5.41, 5.74) is 0. The van der Waals surface area contributed by atoms with Gasteiger partial charge in [0.05, 0.1) is 12.5 Å². The summed E-state index contributed by atoms with van der Waals surface area (Å²) in [5, 5.41) is 1.10. The van der Waals surface area contributed by atoms with Gasteiger partial charge in [-0.1, -0.05) is 24.3 Å². The first-order chi connectivity index (χ1) is 10.1. The van der Waals surface area contributed by atoms with Crippen molar-refractivity contribution < 1.29 is 23.0 Å². The molecule has 0 fully saturated rings. The third kappa shape index (κ3) is 2.16. The first-order valence-corrected chi connectivity index (χ1v) is 6.17. The lowest BCUT2D eigenvalue weighted by Crippen LogP contribution is -2.08. The van der Waals surface area contributed by atoms with Crippen molar-refractivity contribution in [3.05, 3.63) is 54.1 Å². The van der Waals surface area contributed by atoms with E-state index in [0.717, 1.165) is 7.11 Å². The van der Waals surface area contributed by atoms with Crippen molar-refractivity contribution in [1.82, 2.24) is 0 Å². The lowest BCUT2D eigenvalue weighted by Gasteiger charge is -2.12. The van der Waals surface area contributed by atoms with Crippen LogP contribution < -0.4 is 4.74 Å². The van der Waals surface area contributed by atoms with Crippen LogP contribution in [-0.4, -0.2) is 13.3 Å². The molecular formula is C16H10F2O3. The molecule has 3 nitrogen and oxygen atoms in total. The van der Waals surface area contributed by atoms with E-state index < -0.39 is 17.8 Å². The molecule has 0 bridgehead atoms. The van der Waals surface area contributed by atoms with Gasteiger partial charge in [0, 0.05) is 10.8 Å². The summed E-state index contributed by atoms with van der Waals surface area (Å²) >= 11 is 0. The summed E-state index contributed by atoms with van der Waals surface area (Å²) in [7, 11) is 1.15. The number of fused-ring (bicyclic) bond motifs is 2. The van der Waals surface area contributed by atoms with Gasteiger partial charge < -0.3 is 9.47 Å². The molecule has 0 atom stereocenters. The van der Waals surface area contributed by atoms with Gasteiger partial charge >= 0.3 is 6.16 Å². The molecule has 0 saturated carbocycles. The Labute approximate surface area is 118 Å². The van der Waals surface area contributed by atoms with Gasteiger partial charge in [-0.05, 0) is 23.6 Å². The fourth-order valence-electron chi connectivity index (χ4n) is 2.30. The number of hydrogen-bond acceptors (Lipinski definition) is 3. The highest BCUT2D eigenvalue weighted by Gasteiger charge is 2.17. The maximum atomic E-state index is 14.1. The largest absolute Gasteiger partial charge is 0.513 e. The smallest absolute Gasteiger partial charge is 0.437 e. The van der Waals surface area contributed by atoms with Crippen LogP contribution in [0.15, 0.2) is 42.5 Å². The standard InChI is InChI=1S/C16H10F2O3/c1-20-16(19)21-15-10-5-3-6-12(17)11(10)8-9-4-2-7-13(18)14(9)15/h2-8H,1H3. The Morgan fingerprint density at radius 2 is 1.71 bits per heavy atom. The zero-order chi connectivity index (χ0) is 15.0. The van der Waals surface area contributed by atoms with E-state index in [1.165, 1.54) is 30.3 Å². The number of ether oxygens (including phenoxy) is 2. The Balaban J connectivity index is 2.46. The molecule has 0 spiro atoms. The summed E-state index contributed by atoms with van der Waals surface area (Å²) in [6, 6.07) is 10.2. The normalized spacial score (nSPS) is 10.8. The van der Waals surface area contributed by atoms with Crippen LogP contribution in [0.25, 0.3) is 21.5 Å². The Bertz CT molecular complexity index is 859. The number of benzene rings is 3. The van der Waals surface area contributed by atoms with Gasteiger partial charge in [0.15, 0.2) is 5.75 Å². The molecule has 0 saturated heterocycles. The monoisotopic (exact) mass is 288 g/mol. The molecule has 0 heterocycles. The maximum Gasteiger partial charge on any atom is 0.513 e. The first-order valence-electron chi connectivity index (χ1n) is 6.17. The quantitative estimate of drug-likeness (QED) is 0.378. The molecule has 106 valence electrons. The molecule has 0 aromatic heterocycles. The van der Waals surface area contributed by atoms with Crippen LogP contribution in [0.2, 0.25) is 0 Å². The maximum absolute atomic E-state index is 14.1. The second-order valence-corrected chi connectivity index (χ2v) is 4.43. The van der Waals surface area contributed by atoms with Crippen LogP contribution in [-0.2, 0) is 4.74 Å². The van der Waals surface area contributed by atoms with Crippen LogP contribution in [0.1, 0.15) is 0 Å². The molecule has 5 heteroatoms. The van der Waals surface area contributed by atoms with Crippen molar-refractivity contribution >= 4 is 27.7 Å². The van der Waals surface area contributed by atoms with E-state index >= 15 is 0 Å². The predicted molar refractivity (Wildman–Crippen MR) is 74.4 cm³/mol. The Morgan fingerprint density at radius 1 is 1.00 bits per heavy atom. The minimum atomic E-state index is -0.990. The van der Waals surface area contributed by atoms with E-state index in [9.17, 15) is 13.6 Å². The van der Waals surface area contributed by atoms with Gasteiger partial charge in [-0.2, -0.15) is 0 Å². The summed E-state index contributed by atoms with van der Waals surface area (Å²) in [6.45, 7) is 0. The minimum absolute atomic E-state index is 0.0491. The molecule has 0 aliphatic rings. The van der Waals surface area contributed by atoms with Crippen molar-refractivity contribution in [2.75, 3.05) is 7.11 Å². The third-order valence-corrected chi connectivity index (χ3v) is 3.22. The molecule has 0 N–H and O–H groups in total. The van der Waals surface area contributed by atoms with E-state index in [2.05, 4.69) is 4.74 Å². The van der Waals surface area contributed by atoms with Crippen LogP contribution in [0.4, 0.5) is 13.6 Å². The average Bonchev–Trinajstić information content (AvgIpc) is 2.48. The molecule has 3 aromatic rings. The van der Waals surface area contributed by atoms with Crippen molar-refractivity contribution in [3.63, 3.8) is 0 Å². The fourth-order valence-corrected chi connectivity index (χ4v) is 2.30. The van der Waals surface area contributed by atoms with Gasteiger partial charge in [0.2, 0.25) is 0 Å². The van der Waals surface area contributed by atoms with E-state index in [0.29, 0.717) is 10.8 Å². The van der Waals surface area contributed by atoms with Crippen LogP contribution in [0.5, 0.6) is 5.75 Å². The summed E-state index contributed by atoms with van der Waals surface area (Å²) < 4.78 is 37.6. The van der Waals surface area contributed by atoms with Crippen molar-refractivity contribution in [2.24, 2.45) is 0 Å². The number of methoxy groups -OCH3 is 1. The molecule has 0 unspecified atom stereocenters. The number of carbonyl (C=O) groups is 1. The molecule has 0 amide bonds. The lowest BCUT2D eigenvalue weighted by molar-refractivity contribution is 0.122. The highest BCUT2D eigenvalue weighted by Crippen LogP contribution is 2.37. The van der Waals surface area contributed by atoms with Gasteiger partial charge in [-0.15, -0.1) is 0 Å². The van der Waals surface area contributed by atoms with Gasteiger partial charge in [0.25, 0.3) is 0 Å².